The van der Waals surface area contributed by atoms with Crippen LogP contribution in [0.3, 0.4) is 0 Å². The number of carboxylic acids is 1. The van der Waals surface area contributed by atoms with E-state index in [0.29, 0.717) is 11.3 Å². The van der Waals surface area contributed by atoms with E-state index in [1.165, 1.54) is 0 Å². The van der Waals surface area contributed by atoms with Crippen LogP contribution in [-0.2, 0) is 0 Å². The van der Waals surface area contributed by atoms with E-state index in [2.05, 4.69) is 4.98 Å². The minimum absolute atomic E-state index is 0.216. The van der Waals surface area contributed by atoms with Gasteiger partial charge in [-0.2, -0.15) is 0 Å². The van der Waals surface area contributed by atoms with Gasteiger partial charge in [-0.1, -0.05) is 29.8 Å². The van der Waals surface area contributed by atoms with Gasteiger partial charge in [0.05, 0.1) is 0 Å². The zero-order valence-electron chi connectivity index (χ0n) is 10.2. The maximum atomic E-state index is 11.7. The first kappa shape index (κ1) is 12.1. The van der Waals surface area contributed by atoms with Crippen LogP contribution < -0.4 is 5.56 Å². The molecule has 0 saturated carbocycles. The number of carbonyl (C=O) groups is 1. The van der Waals surface area contributed by atoms with E-state index >= 15 is 0 Å². The smallest absolute Gasteiger partial charge is 0.341 e. The molecule has 0 spiro atoms. The highest BCUT2D eigenvalue weighted by molar-refractivity contribution is 5.95. The van der Waals surface area contributed by atoms with E-state index in [-0.39, 0.29) is 5.56 Å². The van der Waals surface area contributed by atoms with Crippen molar-refractivity contribution in [2.24, 2.45) is 0 Å². The Labute approximate surface area is 104 Å². The van der Waals surface area contributed by atoms with Crippen LogP contribution >= 0.6 is 0 Å². The van der Waals surface area contributed by atoms with Crippen molar-refractivity contribution in [3.05, 3.63) is 57.5 Å². The fraction of sp³-hybridized carbons (Fsp3) is 0.143. The lowest BCUT2D eigenvalue weighted by Crippen LogP contribution is -2.19. The monoisotopic (exact) mass is 243 g/mol. The highest BCUT2D eigenvalue weighted by Gasteiger charge is 2.16. The van der Waals surface area contributed by atoms with Crippen LogP contribution in [0.5, 0.6) is 0 Å². The van der Waals surface area contributed by atoms with Crippen molar-refractivity contribution >= 4 is 5.97 Å². The Hall–Kier alpha value is -2.36. The number of pyridine rings is 1. The molecule has 0 aliphatic rings. The standard InChI is InChI=1S/C14H13NO3/c1-8-4-3-5-10(6-8)11-7-9(2)15-13(16)12(11)14(17)18/h3-7H,1-2H3,(H,15,16)(H,17,18). The molecular weight excluding hydrogens is 230 g/mol. The van der Waals surface area contributed by atoms with E-state index in [0.717, 1.165) is 11.1 Å². The number of H-pyrrole nitrogens is 1. The molecule has 0 bridgehead atoms. The van der Waals surface area contributed by atoms with Gasteiger partial charge in [0, 0.05) is 11.3 Å². The Morgan fingerprint density at radius 3 is 2.56 bits per heavy atom. The van der Waals surface area contributed by atoms with Gasteiger partial charge in [0.15, 0.2) is 0 Å². The molecule has 0 amide bonds. The number of aromatic nitrogens is 1. The molecule has 0 atom stereocenters. The normalized spacial score (nSPS) is 10.3. The number of nitrogens with one attached hydrogen (secondary N) is 1. The van der Waals surface area contributed by atoms with Gasteiger partial charge in [0.25, 0.3) is 5.56 Å². The molecule has 0 radical (unpaired) electrons. The number of aryl methyl sites for hydroxylation is 2. The molecule has 0 fully saturated rings. The zero-order chi connectivity index (χ0) is 13.3. The Balaban J connectivity index is 2.78. The van der Waals surface area contributed by atoms with Crippen LogP contribution in [0.1, 0.15) is 21.6 Å². The largest absolute Gasteiger partial charge is 0.477 e. The highest BCUT2D eigenvalue weighted by atomic mass is 16.4. The van der Waals surface area contributed by atoms with Crippen molar-refractivity contribution in [3.63, 3.8) is 0 Å². The van der Waals surface area contributed by atoms with Crippen molar-refractivity contribution in [2.45, 2.75) is 13.8 Å². The number of benzene rings is 1. The first-order valence-corrected chi connectivity index (χ1v) is 5.53. The SMILES string of the molecule is Cc1cccc(-c2cc(C)[nH]c(=O)c2C(=O)O)c1. The molecule has 2 aromatic rings. The summed E-state index contributed by atoms with van der Waals surface area (Å²) in [6.45, 7) is 3.65. The fourth-order valence-corrected chi connectivity index (χ4v) is 1.94. The van der Waals surface area contributed by atoms with Crippen molar-refractivity contribution < 1.29 is 9.90 Å². The molecule has 1 aromatic heterocycles. The van der Waals surface area contributed by atoms with Gasteiger partial charge in [-0.15, -0.1) is 0 Å². The fourth-order valence-electron chi connectivity index (χ4n) is 1.94. The number of aromatic amines is 1. The maximum absolute atomic E-state index is 11.7. The molecule has 4 heteroatoms. The van der Waals surface area contributed by atoms with Gasteiger partial charge >= 0.3 is 5.97 Å². The van der Waals surface area contributed by atoms with Crippen molar-refractivity contribution in [1.82, 2.24) is 4.98 Å². The molecule has 1 heterocycles. The van der Waals surface area contributed by atoms with Gasteiger partial charge in [-0.05, 0) is 25.5 Å². The van der Waals surface area contributed by atoms with Gasteiger partial charge < -0.3 is 10.1 Å². The van der Waals surface area contributed by atoms with Gasteiger partial charge in [-0.25, -0.2) is 4.79 Å². The maximum Gasteiger partial charge on any atom is 0.341 e. The molecule has 1 aromatic carbocycles. The van der Waals surface area contributed by atoms with E-state index in [4.69, 9.17) is 5.11 Å². The minimum Gasteiger partial charge on any atom is -0.477 e. The van der Waals surface area contributed by atoms with Crippen LogP contribution in [0, 0.1) is 13.8 Å². The van der Waals surface area contributed by atoms with E-state index in [1.807, 2.05) is 25.1 Å². The Morgan fingerprint density at radius 2 is 1.94 bits per heavy atom. The summed E-state index contributed by atoms with van der Waals surface area (Å²) in [5.74, 6) is -1.22. The number of hydrogen-bond acceptors (Lipinski definition) is 2. The van der Waals surface area contributed by atoms with Crippen LogP contribution in [0.25, 0.3) is 11.1 Å². The highest BCUT2D eigenvalue weighted by Crippen LogP contribution is 2.23. The number of carboxylic acid groups (broad SMARTS) is 1. The van der Waals surface area contributed by atoms with Crippen LogP contribution in [0.2, 0.25) is 0 Å². The second-order valence-electron chi connectivity index (χ2n) is 4.24. The van der Waals surface area contributed by atoms with Gasteiger partial charge in [0.1, 0.15) is 5.56 Å². The summed E-state index contributed by atoms with van der Waals surface area (Å²) in [6.07, 6.45) is 0. The first-order valence-electron chi connectivity index (χ1n) is 5.53. The summed E-state index contributed by atoms with van der Waals surface area (Å²) >= 11 is 0. The molecule has 92 valence electrons. The molecule has 0 unspecified atom stereocenters. The molecule has 2 rings (SSSR count). The molecule has 0 aliphatic heterocycles. The Morgan fingerprint density at radius 1 is 1.22 bits per heavy atom. The molecule has 0 saturated heterocycles. The van der Waals surface area contributed by atoms with E-state index in [9.17, 15) is 9.59 Å². The third kappa shape index (κ3) is 2.18. The molecular formula is C14H13NO3. The predicted molar refractivity (Wildman–Crippen MR) is 68.9 cm³/mol. The summed E-state index contributed by atoms with van der Waals surface area (Å²) in [7, 11) is 0. The van der Waals surface area contributed by atoms with Crippen LogP contribution in [0.15, 0.2) is 35.1 Å². The lowest BCUT2D eigenvalue weighted by atomic mass is 9.99. The van der Waals surface area contributed by atoms with Crippen LogP contribution in [0.4, 0.5) is 0 Å². The average Bonchev–Trinajstić information content (AvgIpc) is 2.27. The second kappa shape index (κ2) is 4.49. The second-order valence-corrected chi connectivity index (χ2v) is 4.24. The summed E-state index contributed by atoms with van der Waals surface area (Å²) in [5, 5.41) is 9.15. The Kier molecular flexibility index (Phi) is 3.02. The Bertz CT molecular complexity index is 671. The van der Waals surface area contributed by atoms with E-state index < -0.39 is 11.5 Å². The van der Waals surface area contributed by atoms with Crippen molar-refractivity contribution in [3.8, 4) is 11.1 Å². The summed E-state index contributed by atoms with van der Waals surface area (Å²) in [4.78, 5) is 25.4. The van der Waals surface area contributed by atoms with Gasteiger partial charge in [0.2, 0.25) is 0 Å². The lowest BCUT2D eigenvalue weighted by molar-refractivity contribution is 0.0696. The third-order valence-corrected chi connectivity index (χ3v) is 2.71. The number of hydrogen-bond donors (Lipinski definition) is 2. The molecule has 4 nitrogen and oxygen atoms in total. The zero-order valence-corrected chi connectivity index (χ0v) is 10.2. The topological polar surface area (TPSA) is 70.2 Å². The summed E-state index contributed by atoms with van der Waals surface area (Å²) < 4.78 is 0. The quantitative estimate of drug-likeness (QED) is 0.850. The van der Waals surface area contributed by atoms with E-state index in [1.54, 1.807) is 19.1 Å². The predicted octanol–water partition coefficient (Wildman–Crippen LogP) is 2.36. The molecule has 0 aliphatic carbocycles. The summed E-state index contributed by atoms with van der Waals surface area (Å²) in [5.41, 5.74) is 2.06. The first-order chi connectivity index (χ1) is 8.49. The lowest BCUT2D eigenvalue weighted by Gasteiger charge is -2.07. The average molecular weight is 243 g/mol. The summed E-state index contributed by atoms with van der Waals surface area (Å²) in [6, 6.07) is 9.10. The van der Waals surface area contributed by atoms with Crippen molar-refractivity contribution in [2.75, 3.05) is 0 Å². The van der Waals surface area contributed by atoms with Crippen molar-refractivity contribution in [1.29, 1.82) is 0 Å². The molecule has 2 N–H and O–H groups in total. The minimum atomic E-state index is -1.22. The molecule has 18 heavy (non-hydrogen) atoms. The van der Waals surface area contributed by atoms with Gasteiger partial charge in [-0.3, -0.25) is 4.79 Å². The third-order valence-electron chi connectivity index (χ3n) is 2.71. The van der Waals surface area contributed by atoms with Crippen LogP contribution in [-0.4, -0.2) is 16.1 Å². The number of aromatic carboxylic acids is 1. The number of rotatable bonds is 2.